The molecule has 0 aliphatic heterocycles. The molecule has 0 aromatic rings. The molecule has 116 valence electrons. The average molecular weight is 906 g/mol. The third-order valence-corrected chi connectivity index (χ3v) is 0.646. The molecule has 0 aromatic carbocycles. The number of hydrogen-bond donors (Lipinski definition) is 3. The van der Waals surface area contributed by atoms with Gasteiger partial charge < -0.3 is 5.48 Å². The van der Waals surface area contributed by atoms with Gasteiger partial charge in [-0.3, -0.25) is 4.55 Å². The zero-order valence-corrected chi connectivity index (χ0v) is 26.1. The Balaban J connectivity index is -0.0000000348. The van der Waals surface area contributed by atoms with Gasteiger partial charge in [0.15, 0.2) is 0 Å². The van der Waals surface area contributed by atoms with E-state index in [1.54, 1.807) is 0 Å². The summed E-state index contributed by atoms with van der Waals surface area (Å²) in [6, 6.07) is 0. The number of carbonyl (C=O) groups excluding carboxylic acids is 1. The monoisotopic (exact) mass is 905 g/mol. The van der Waals surface area contributed by atoms with E-state index in [0.29, 0.717) is 0 Å². The molecule has 0 spiro atoms. The number of nitrogens with zero attached hydrogens (tertiary/aromatic N) is 1. The van der Waals surface area contributed by atoms with Crippen molar-refractivity contribution >= 4 is 56.2 Å². The van der Waals surface area contributed by atoms with Crippen molar-refractivity contribution in [3.8, 4) is 0 Å². The molecule has 0 bridgehead atoms. The molecule has 0 amide bonds. The molecule has 0 atom stereocenters. The molecule has 0 saturated heterocycles. The number of rotatable bonds is 1. The van der Waals surface area contributed by atoms with Crippen LogP contribution in [0.25, 0.3) is 0 Å². The molecular formula is CH7Cl2N3O9Rf2S3. The van der Waals surface area contributed by atoms with E-state index in [2.05, 4.69) is 36.0 Å². The van der Waals surface area contributed by atoms with Gasteiger partial charge in [0.05, 0.1) is 0 Å². The van der Waals surface area contributed by atoms with Gasteiger partial charge in [0.1, 0.15) is 0 Å². The first kappa shape index (κ1) is 36.1. The second-order valence-electron chi connectivity index (χ2n) is 1.59. The molecule has 0 aliphatic carbocycles. The summed E-state index contributed by atoms with van der Waals surface area (Å²) in [5.41, 5.74) is 0. The maximum absolute atomic E-state index is 9.57. The Hall–Kier alpha value is -2.35. The fourth-order valence-electron chi connectivity index (χ4n) is 0.0445. The second-order valence-corrected chi connectivity index (χ2v) is 7.03. The van der Waals surface area contributed by atoms with E-state index in [9.17, 15) is 16.8 Å². The number of hydrogen-bond acceptors (Lipinski definition) is 7. The van der Waals surface area contributed by atoms with Crippen LogP contribution in [0.2, 0.25) is 0 Å². The molecule has 0 unspecified atom stereocenters. The SMILES string of the molecule is NS(=O)(=O)Cl.NS(=O)(=O)O.O.O=C=NS(=O)(=O)Cl.[Rf].[Rf]. The largest absolute Gasteiger partial charge is 0.412 e. The zero-order valence-electron chi connectivity index (χ0n) is 9.30. The van der Waals surface area contributed by atoms with E-state index in [0.717, 1.165) is 6.08 Å². The fraction of sp³-hybridized carbons (Fsp3) is 0. The Bertz CT molecular complexity index is 518. The minimum absolute atomic E-state index is 0. The summed E-state index contributed by atoms with van der Waals surface area (Å²) in [6.07, 6.45) is 0.763. The van der Waals surface area contributed by atoms with E-state index >= 15 is 0 Å². The molecule has 12 nitrogen and oxygen atoms in total. The Morgan fingerprint density at radius 2 is 1.10 bits per heavy atom. The van der Waals surface area contributed by atoms with Crippen LogP contribution in [0.3, 0.4) is 0 Å². The number of nitrogens with two attached hydrogens (primary N) is 2. The van der Waals surface area contributed by atoms with Crippen molar-refractivity contribution in [3.05, 3.63) is 0 Å². The van der Waals surface area contributed by atoms with Crippen LogP contribution in [0, 0.1) is 0 Å². The summed E-state index contributed by atoms with van der Waals surface area (Å²) in [4.78, 5) is 9.07. The smallest absolute Gasteiger partial charge is 0.350 e. The summed E-state index contributed by atoms with van der Waals surface area (Å²) < 4.78 is 64.9. The molecular weight excluding hydrogens is 899 g/mol. The second kappa shape index (κ2) is 13.1. The summed E-state index contributed by atoms with van der Waals surface area (Å²) in [5.74, 6) is 0. The molecule has 0 rings (SSSR count). The Kier molecular flexibility index (Phi) is 23.6. The summed E-state index contributed by atoms with van der Waals surface area (Å²) in [5, 5.41) is 7.97. The van der Waals surface area contributed by atoms with Gasteiger partial charge in [-0.05, 0) is 0 Å². The molecule has 0 fully saturated rings. The maximum atomic E-state index is 9.57. The van der Waals surface area contributed by atoms with E-state index in [-0.39, 0.29) is 5.48 Å². The number of halogens is 2. The molecule has 7 N–H and O–H groups in total. The van der Waals surface area contributed by atoms with Gasteiger partial charge in [-0.2, -0.15) is 25.3 Å². The first-order chi connectivity index (χ1) is 7.06. The third-order valence-electron chi connectivity index (χ3n) is 0.146. The standard InChI is InChI=1S/CClNO3S.ClH2NO2S.H3NO3S.H2O.2Rf/c2-7(5,6)3-1-4;2*1-5(2,3)4;;;/h;(H2,2,3,4);(H3,1,2,3,4);1H2;;. The Labute approximate surface area is 111 Å². The minimum Gasteiger partial charge on any atom is -0.412 e. The third kappa shape index (κ3) is 1230. The molecule has 0 aromatic heterocycles. The van der Waals surface area contributed by atoms with Crippen molar-refractivity contribution in [2.24, 2.45) is 14.7 Å². The van der Waals surface area contributed by atoms with E-state index in [4.69, 9.17) is 17.8 Å². The van der Waals surface area contributed by atoms with Crippen molar-refractivity contribution < 1.29 is 40.1 Å². The predicted molar refractivity (Wildman–Crippen MR) is 61.2 cm³/mol. The first-order valence-electron chi connectivity index (χ1n) is 2.57. The van der Waals surface area contributed by atoms with Gasteiger partial charge in [0.25, 0.3) is 15.3 Å². The van der Waals surface area contributed by atoms with Crippen LogP contribution >= 0.6 is 21.4 Å². The van der Waals surface area contributed by atoms with E-state index in [1.807, 2.05) is 0 Å². The molecule has 19 heteroatoms. The van der Waals surface area contributed by atoms with Gasteiger partial charge in [0.2, 0.25) is 0 Å². The van der Waals surface area contributed by atoms with Crippen molar-refractivity contribution in [1.29, 1.82) is 0 Å². The van der Waals surface area contributed by atoms with Crippen LogP contribution in [-0.2, 0) is 33.6 Å². The molecule has 0 radical (unpaired) electrons. The zero-order chi connectivity index (χ0) is 14.9. The van der Waals surface area contributed by atoms with Crippen LogP contribution in [0.15, 0.2) is 4.40 Å². The summed E-state index contributed by atoms with van der Waals surface area (Å²) in [7, 11) is -3.21. The predicted octanol–water partition coefficient (Wildman–Crippen LogP) is -2.84. The van der Waals surface area contributed by atoms with Crippen LogP contribution in [0.5, 0.6) is 0 Å². The van der Waals surface area contributed by atoms with Crippen molar-refractivity contribution in [3.63, 3.8) is 0 Å². The van der Waals surface area contributed by atoms with Gasteiger partial charge in [0, 0.05) is 21.4 Å². The van der Waals surface area contributed by atoms with Crippen LogP contribution in [-0.4, -0.2) is 41.4 Å². The van der Waals surface area contributed by atoms with Crippen molar-refractivity contribution in [1.82, 2.24) is 0 Å². The topological polar surface area (TPSA) is 236 Å². The average Bonchev–Trinajstić information content (AvgIpc) is 1.73. The Morgan fingerprint density at radius 1 is 0.950 bits per heavy atom. The van der Waals surface area contributed by atoms with Gasteiger partial charge in [-0.25, -0.2) is 15.1 Å². The van der Waals surface area contributed by atoms with E-state index < -0.39 is 28.8 Å². The van der Waals surface area contributed by atoms with Crippen LogP contribution in [0.1, 0.15) is 0 Å². The minimum atomic E-state index is -4.17. The van der Waals surface area contributed by atoms with Crippen molar-refractivity contribution in [2.75, 3.05) is 0 Å². The van der Waals surface area contributed by atoms with Crippen LogP contribution < -0.4 is 10.3 Å². The van der Waals surface area contributed by atoms with Gasteiger partial charge in [-0.15, -0.1) is 0 Å². The number of isocyanates is 1. The molecule has 20 heavy (non-hydrogen) atoms. The Morgan fingerprint density at radius 3 is 1.10 bits per heavy atom. The van der Waals surface area contributed by atoms with Gasteiger partial charge in [-0.1, -0.05) is 4.40 Å². The van der Waals surface area contributed by atoms with Crippen LogP contribution in [0.4, 0.5) is 0 Å². The molecule has 0 aliphatic rings. The van der Waals surface area contributed by atoms with E-state index in [1.165, 1.54) is 0 Å². The normalized spacial score (nSPS) is 9.25. The first-order valence-corrected chi connectivity index (χ1v) is 8.71. The summed E-state index contributed by atoms with van der Waals surface area (Å²) in [6.45, 7) is 0. The fourth-order valence-corrected chi connectivity index (χ4v) is 0.218. The van der Waals surface area contributed by atoms with Gasteiger partial charge >= 0.3 is 19.5 Å². The van der Waals surface area contributed by atoms with Crippen molar-refractivity contribution in [2.45, 2.75) is 0 Å². The quantitative estimate of drug-likeness (QED) is 0.107. The molecule has 0 saturated carbocycles. The maximum Gasteiger partial charge on any atom is 0.350 e. The molecule has 0 heterocycles. The summed E-state index contributed by atoms with van der Waals surface area (Å²) >= 11 is 0.